The number of nitrogens with one attached hydrogen (secondary N) is 1. The highest BCUT2D eigenvalue weighted by atomic mass is 16.5. The molecule has 2 aromatic heterocycles. The molecule has 0 saturated carbocycles. The Morgan fingerprint density at radius 1 is 1.23 bits per heavy atom. The molecule has 26 heavy (non-hydrogen) atoms. The minimum Gasteiger partial charge on any atom is -0.374 e. The summed E-state index contributed by atoms with van der Waals surface area (Å²) >= 11 is 0. The molecule has 3 atom stereocenters. The highest BCUT2D eigenvalue weighted by Gasteiger charge is 2.44. The van der Waals surface area contributed by atoms with Crippen molar-refractivity contribution in [1.29, 1.82) is 0 Å². The molecule has 2 fully saturated rings. The number of aromatic nitrogens is 3. The quantitative estimate of drug-likeness (QED) is 0.787. The second-order valence-corrected chi connectivity index (χ2v) is 7.10. The molecule has 1 N–H and O–H groups in total. The van der Waals surface area contributed by atoms with Crippen LogP contribution in [0.25, 0.3) is 10.9 Å². The molecule has 6 nitrogen and oxygen atoms in total. The van der Waals surface area contributed by atoms with Crippen molar-refractivity contribution >= 4 is 22.6 Å². The van der Waals surface area contributed by atoms with Crippen LogP contribution in [-0.2, 0) is 16.1 Å². The Hall–Kier alpha value is -2.73. The first-order valence-electron chi connectivity index (χ1n) is 9.09. The molecule has 132 valence electrons. The van der Waals surface area contributed by atoms with Crippen LogP contribution >= 0.6 is 0 Å². The Morgan fingerprint density at radius 2 is 2.15 bits per heavy atom. The number of benzene rings is 1. The first-order chi connectivity index (χ1) is 12.8. The average Bonchev–Trinajstić information content (AvgIpc) is 3.39. The van der Waals surface area contributed by atoms with Gasteiger partial charge in [-0.2, -0.15) is 5.10 Å². The van der Waals surface area contributed by atoms with Crippen molar-refractivity contribution < 1.29 is 9.53 Å². The summed E-state index contributed by atoms with van der Waals surface area (Å²) in [5.41, 5.74) is 2.08. The molecule has 1 aromatic carbocycles. The first kappa shape index (κ1) is 15.5. The van der Waals surface area contributed by atoms with Gasteiger partial charge in [0, 0.05) is 23.8 Å². The number of rotatable bonds is 4. The summed E-state index contributed by atoms with van der Waals surface area (Å²) in [6.07, 6.45) is 6.95. The topological polar surface area (TPSA) is 69.0 Å². The van der Waals surface area contributed by atoms with E-state index in [1.165, 1.54) is 0 Å². The Bertz CT molecular complexity index is 962. The van der Waals surface area contributed by atoms with Crippen molar-refractivity contribution in [3.63, 3.8) is 0 Å². The summed E-state index contributed by atoms with van der Waals surface area (Å²) in [5, 5.41) is 8.56. The monoisotopic (exact) mass is 348 g/mol. The number of fused-ring (bicyclic) bond motifs is 3. The number of hydrogen-bond donors (Lipinski definition) is 1. The lowest BCUT2D eigenvalue weighted by Gasteiger charge is -2.16. The van der Waals surface area contributed by atoms with Crippen molar-refractivity contribution in [3.05, 3.63) is 54.4 Å². The molecular formula is C20H20N4O2. The zero-order chi connectivity index (χ0) is 17.5. The van der Waals surface area contributed by atoms with Crippen LogP contribution in [0.2, 0.25) is 0 Å². The van der Waals surface area contributed by atoms with Crippen molar-refractivity contribution in [2.24, 2.45) is 5.92 Å². The molecule has 0 spiro atoms. The van der Waals surface area contributed by atoms with Crippen LogP contribution in [0.1, 0.15) is 24.8 Å². The van der Waals surface area contributed by atoms with Crippen LogP contribution in [0.15, 0.2) is 48.8 Å². The van der Waals surface area contributed by atoms with Gasteiger partial charge in [0.15, 0.2) is 5.82 Å². The summed E-state index contributed by atoms with van der Waals surface area (Å²) in [7, 11) is 0. The van der Waals surface area contributed by atoms with Gasteiger partial charge in [-0.1, -0.05) is 24.3 Å². The fourth-order valence-electron chi connectivity index (χ4n) is 4.12. The van der Waals surface area contributed by atoms with Gasteiger partial charge < -0.3 is 10.1 Å². The maximum atomic E-state index is 12.5. The second kappa shape index (κ2) is 6.21. The normalized spacial score (nSPS) is 24.2. The van der Waals surface area contributed by atoms with Crippen LogP contribution in [0.3, 0.4) is 0 Å². The number of anilines is 1. The molecule has 0 radical (unpaired) electrons. The second-order valence-electron chi connectivity index (χ2n) is 7.10. The van der Waals surface area contributed by atoms with E-state index in [9.17, 15) is 4.79 Å². The number of nitrogens with zero attached hydrogens (tertiary/aromatic N) is 3. The molecule has 2 aliphatic rings. The number of amides is 1. The summed E-state index contributed by atoms with van der Waals surface area (Å²) in [4.78, 5) is 17.0. The minimum absolute atomic E-state index is 0.0225. The van der Waals surface area contributed by atoms with Crippen molar-refractivity contribution in [3.8, 4) is 0 Å². The van der Waals surface area contributed by atoms with Gasteiger partial charge in [0.2, 0.25) is 5.91 Å². The van der Waals surface area contributed by atoms with E-state index in [0.29, 0.717) is 12.4 Å². The van der Waals surface area contributed by atoms with Crippen LogP contribution in [0, 0.1) is 5.92 Å². The number of hydrogen-bond acceptors (Lipinski definition) is 4. The summed E-state index contributed by atoms with van der Waals surface area (Å²) in [6, 6.07) is 12.0. The van der Waals surface area contributed by atoms with Gasteiger partial charge >= 0.3 is 0 Å². The van der Waals surface area contributed by atoms with Crippen LogP contribution in [-0.4, -0.2) is 32.9 Å². The summed E-state index contributed by atoms with van der Waals surface area (Å²) < 4.78 is 7.61. The third-order valence-corrected chi connectivity index (χ3v) is 5.38. The van der Waals surface area contributed by atoms with Crippen LogP contribution in [0.4, 0.5) is 5.82 Å². The maximum absolute atomic E-state index is 12.5. The standard InChI is InChI=1S/C20H20N4O2/c25-20(16-11-15-6-7-17(16)26-15)22-18-8-10-24(23-18)12-14-4-1-3-13-5-2-9-21-19(13)14/h1-5,8-10,15-17H,6-7,11-12H2,(H,22,23,25)/t15-,16+,17-/m1/s1. The van der Waals surface area contributed by atoms with Crippen molar-refractivity contribution in [1.82, 2.24) is 14.8 Å². The lowest BCUT2D eigenvalue weighted by molar-refractivity contribution is -0.121. The van der Waals surface area contributed by atoms with E-state index in [-0.39, 0.29) is 24.0 Å². The number of carbonyl (C=O) groups excluding carboxylic acids is 1. The van der Waals surface area contributed by atoms with Gasteiger partial charge in [-0.25, -0.2) is 0 Å². The van der Waals surface area contributed by atoms with Crippen LogP contribution < -0.4 is 5.32 Å². The van der Waals surface area contributed by atoms with E-state index in [4.69, 9.17) is 4.74 Å². The van der Waals surface area contributed by atoms with Crippen LogP contribution in [0.5, 0.6) is 0 Å². The number of ether oxygens (including phenoxy) is 1. The zero-order valence-corrected chi connectivity index (χ0v) is 14.3. The number of para-hydroxylation sites is 1. The van der Waals surface area contributed by atoms with E-state index in [0.717, 1.165) is 35.7 Å². The highest BCUT2D eigenvalue weighted by molar-refractivity contribution is 5.92. The third-order valence-electron chi connectivity index (χ3n) is 5.38. The molecular weight excluding hydrogens is 328 g/mol. The molecule has 4 heterocycles. The van der Waals surface area contributed by atoms with Gasteiger partial charge in [0.25, 0.3) is 0 Å². The highest BCUT2D eigenvalue weighted by Crippen LogP contribution is 2.39. The molecule has 6 heteroatoms. The zero-order valence-electron chi connectivity index (χ0n) is 14.3. The lowest BCUT2D eigenvalue weighted by atomic mass is 9.88. The Kier molecular flexibility index (Phi) is 3.71. The van der Waals surface area contributed by atoms with Gasteiger partial charge in [0.1, 0.15) is 0 Å². The molecule has 1 amide bonds. The Labute approximate surface area is 151 Å². The largest absolute Gasteiger partial charge is 0.374 e. The number of pyridine rings is 1. The van der Waals surface area contributed by atoms with Gasteiger partial charge in [-0.05, 0) is 30.9 Å². The molecule has 3 aromatic rings. The smallest absolute Gasteiger partial charge is 0.231 e. The molecule has 2 aliphatic heterocycles. The minimum atomic E-state index is -0.0406. The lowest BCUT2D eigenvalue weighted by Crippen LogP contribution is -2.30. The first-order valence-corrected chi connectivity index (χ1v) is 9.09. The molecule has 2 saturated heterocycles. The van der Waals surface area contributed by atoms with E-state index >= 15 is 0 Å². The predicted molar refractivity (Wildman–Crippen MR) is 97.7 cm³/mol. The van der Waals surface area contributed by atoms with Crippen molar-refractivity contribution in [2.45, 2.75) is 38.0 Å². The molecule has 5 rings (SSSR count). The molecule has 0 aliphatic carbocycles. The predicted octanol–water partition coefficient (Wildman–Crippen LogP) is 2.99. The Morgan fingerprint density at radius 3 is 3.00 bits per heavy atom. The summed E-state index contributed by atoms with van der Waals surface area (Å²) in [5.74, 6) is 0.571. The fourth-order valence-corrected chi connectivity index (χ4v) is 4.12. The van der Waals surface area contributed by atoms with Gasteiger partial charge in [0.05, 0.1) is 30.2 Å². The number of carbonyl (C=O) groups is 1. The fraction of sp³-hybridized carbons (Fsp3) is 0.350. The Balaban J connectivity index is 1.30. The van der Waals surface area contributed by atoms with Gasteiger partial charge in [-0.3, -0.25) is 14.5 Å². The van der Waals surface area contributed by atoms with E-state index in [1.807, 2.05) is 29.1 Å². The average molecular weight is 348 g/mol. The molecule has 2 bridgehead atoms. The molecule has 0 unspecified atom stereocenters. The van der Waals surface area contributed by atoms with E-state index in [1.54, 1.807) is 6.20 Å². The maximum Gasteiger partial charge on any atom is 0.231 e. The van der Waals surface area contributed by atoms with Crippen molar-refractivity contribution in [2.75, 3.05) is 5.32 Å². The van der Waals surface area contributed by atoms with E-state index < -0.39 is 0 Å². The third kappa shape index (κ3) is 2.76. The SMILES string of the molecule is O=C(Nc1ccn(Cc2cccc3cccnc23)n1)[C@H]1C[C@H]2CC[C@H]1O2. The van der Waals surface area contributed by atoms with Gasteiger partial charge in [-0.15, -0.1) is 0 Å². The van der Waals surface area contributed by atoms with E-state index in [2.05, 4.69) is 33.6 Å². The summed E-state index contributed by atoms with van der Waals surface area (Å²) in [6.45, 7) is 0.613.